The lowest BCUT2D eigenvalue weighted by molar-refractivity contribution is -0.132. The maximum atomic E-state index is 13.3. The Kier molecular flexibility index (Phi) is 6.55. The summed E-state index contributed by atoms with van der Waals surface area (Å²) in [5, 5.41) is 11.9. The van der Waals surface area contributed by atoms with Gasteiger partial charge in [-0.15, -0.1) is 0 Å². The number of hydrogen-bond donors (Lipinski definition) is 1. The molecule has 0 spiro atoms. The molecule has 1 saturated heterocycles. The molecule has 1 fully saturated rings. The third-order valence-corrected chi connectivity index (χ3v) is 6.37. The monoisotopic (exact) mass is 497 g/mol. The van der Waals surface area contributed by atoms with E-state index in [1.54, 1.807) is 30.3 Å². The van der Waals surface area contributed by atoms with Crippen LogP contribution in [0.1, 0.15) is 22.7 Å². The van der Waals surface area contributed by atoms with Crippen molar-refractivity contribution < 1.29 is 24.2 Å². The Bertz CT molecular complexity index is 1330. The van der Waals surface area contributed by atoms with Crippen LogP contribution < -0.4 is 14.4 Å². The summed E-state index contributed by atoms with van der Waals surface area (Å²) in [5.41, 5.74) is 2.19. The Morgan fingerprint density at radius 3 is 2.26 bits per heavy atom. The summed E-state index contributed by atoms with van der Waals surface area (Å²) in [6.07, 6.45) is 0. The fourth-order valence-electron chi connectivity index (χ4n) is 4.05. The molecule has 0 aliphatic carbocycles. The largest absolute Gasteiger partial charge is 0.507 e. The highest BCUT2D eigenvalue weighted by Crippen LogP contribution is 2.44. The molecule has 6 nitrogen and oxygen atoms in total. The van der Waals surface area contributed by atoms with E-state index in [2.05, 4.69) is 0 Å². The average Bonchev–Trinajstić information content (AvgIpc) is 3.09. The van der Waals surface area contributed by atoms with Crippen LogP contribution in [0, 0.1) is 6.92 Å². The van der Waals surface area contributed by atoms with Gasteiger partial charge < -0.3 is 14.6 Å². The second kappa shape index (κ2) is 9.41. The smallest absolute Gasteiger partial charge is 0.300 e. The number of carbonyl (C=O) groups is 2. The molecule has 1 aliphatic rings. The average molecular weight is 498 g/mol. The third-order valence-electron chi connectivity index (χ3n) is 5.77. The van der Waals surface area contributed by atoms with Gasteiger partial charge in [0, 0.05) is 11.3 Å². The number of amides is 1. The molecule has 8 heteroatoms. The van der Waals surface area contributed by atoms with Gasteiger partial charge in [0.1, 0.15) is 17.3 Å². The molecular formula is C26H21Cl2NO5. The molecule has 0 bridgehead atoms. The Labute approximate surface area is 206 Å². The van der Waals surface area contributed by atoms with Crippen LogP contribution in [0.4, 0.5) is 5.69 Å². The number of hydrogen-bond acceptors (Lipinski definition) is 5. The van der Waals surface area contributed by atoms with Gasteiger partial charge in [-0.3, -0.25) is 14.5 Å². The molecule has 4 rings (SSSR count). The van der Waals surface area contributed by atoms with Crippen molar-refractivity contribution >= 4 is 46.3 Å². The zero-order valence-electron chi connectivity index (χ0n) is 18.6. The van der Waals surface area contributed by atoms with Gasteiger partial charge in [0.25, 0.3) is 11.7 Å². The molecule has 1 unspecified atom stereocenters. The summed E-state index contributed by atoms with van der Waals surface area (Å²) in [7, 11) is 2.94. The molecule has 1 heterocycles. The number of carbonyl (C=O) groups excluding carboxylic acids is 2. The second-order valence-corrected chi connectivity index (χ2v) is 8.51. The van der Waals surface area contributed by atoms with E-state index in [1.807, 2.05) is 31.2 Å². The normalized spacial score (nSPS) is 17.2. The number of benzene rings is 3. The first-order valence-corrected chi connectivity index (χ1v) is 11.1. The van der Waals surface area contributed by atoms with Crippen molar-refractivity contribution in [1.29, 1.82) is 0 Å². The van der Waals surface area contributed by atoms with Crippen molar-refractivity contribution in [2.75, 3.05) is 19.1 Å². The van der Waals surface area contributed by atoms with Gasteiger partial charge in [-0.1, -0.05) is 47.5 Å². The van der Waals surface area contributed by atoms with Crippen LogP contribution in [0.2, 0.25) is 10.0 Å². The number of aliphatic hydroxyl groups excluding tert-OH is 1. The minimum absolute atomic E-state index is 0.0457. The third kappa shape index (κ3) is 4.00. The molecule has 0 radical (unpaired) electrons. The summed E-state index contributed by atoms with van der Waals surface area (Å²) >= 11 is 12.5. The lowest BCUT2D eigenvalue weighted by Gasteiger charge is -2.27. The van der Waals surface area contributed by atoms with Crippen molar-refractivity contribution in [2.45, 2.75) is 13.0 Å². The van der Waals surface area contributed by atoms with E-state index in [4.69, 9.17) is 32.7 Å². The number of rotatable bonds is 5. The lowest BCUT2D eigenvalue weighted by atomic mass is 9.92. The zero-order chi connectivity index (χ0) is 24.6. The van der Waals surface area contributed by atoms with E-state index in [-0.39, 0.29) is 16.4 Å². The minimum Gasteiger partial charge on any atom is -0.507 e. The molecule has 3 aromatic rings. The second-order valence-electron chi connectivity index (χ2n) is 7.69. The molecule has 0 saturated carbocycles. The number of aryl methyl sites for hydroxylation is 1. The number of nitrogens with zero attached hydrogens (tertiary/aromatic N) is 1. The predicted octanol–water partition coefficient (Wildman–Crippen LogP) is 5.95. The van der Waals surface area contributed by atoms with Crippen LogP contribution in [0.3, 0.4) is 0 Å². The molecular weight excluding hydrogens is 477 g/mol. The van der Waals surface area contributed by atoms with E-state index < -0.39 is 17.7 Å². The van der Waals surface area contributed by atoms with Gasteiger partial charge in [-0.05, 0) is 54.4 Å². The van der Waals surface area contributed by atoms with Crippen LogP contribution in [-0.2, 0) is 9.59 Å². The fraction of sp³-hybridized carbons (Fsp3) is 0.154. The number of aliphatic hydroxyl groups is 1. The molecule has 0 aromatic heterocycles. The van der Waals surface area contributed by atoms with Crippen LogP contribution in [0.5, 0.6) is 11.5 Å². The summed E-state index contributed by atoms with van der Waals surface area (Å²) in [6.45, 7) is 1.88. The first kappa shape index (κ1) is 23.7. The maximum Gasteiger partial charge on any atom is 0.300 e. The lowest BCUT2D eigenvalue weighted by Crippen LogP contribution is -2.29. The van der Waals surface area contributed by atoms with Gasteiger partial charge in [0.05, 0.1) is 35.9 Å². The van der Waals surface area contributed by atoms with Crippen molar-refractivity contribution in [1.82, 2.24) is 0 Å². The highest BCUT2D eigenvalue weighted by molar-refractivity contribution is 6.52. The highest BCUT2D eigenvalue weighted by Gasteiger charge is 2.47. The Morgan fingerprint density at radius 1 is 0.912 bits per heavy atom. The number of ketones is 1. The maximum absolute atomic E-state index is 13.3. The first-order chi connectivity index (χ1) is 16.3. The Hall–Kier alpha value is -3.48. The van der Waals surface area contributed by atoms with E-state index >= 15 is 0 Å². The fourth-order valence-corrected chi connectivity index (χ4v) is 4.50. The van der Waals surface area contributed by atoms with E-state index in [9.17, 15) is 14.7 Å². The molecule has 3 aromatic carbocycles. The quantitative estimate of drug-likeness (QED) is 0.268. The molecule has 34 heavy (non-hydrogen) atoms. The standard InChI is InChI=1S/C26H21Cl2NO5/c1-14-6-4-5-7-17(14)23-22(24(30)15-8-10-18(27)21(12-15)34-3)25(31)26(32)29(23)16-9-11-20(33-2)19(28)13-16/h4-13,23,30H,1-3H3/b24-22+. The number of ether oxygens (including phenoxy) is 2. The molecule has 1 aliphatic heterocycles. The van der Waals surface area contributed by atoms with Crippen molar-refractivity contribution in [2.24, 2.45) is 0 Å². The molecule has 174 valence electrons. The Morgan fingerprint density at radius 2 is 1.62 bits per heavy atom. The molecule has 1 N–H and O–H groups in total. The number of anilines is 1. The number of Topliss-reactive ketones (excluding diaryl/α,β-unsaturated/α-hetero) is 1. The molecule has 1 amide bonds. The summed E-state index contributed by atoms with van der Waals surface area (Å²) in [6, 6.07) is 15.9. The topological polar surface area (TPSA) is 76.1 Å². The van der Waals surface area contributed by atoms with Gasteiger partial charge in [0.15, 0.2) is 0 Å². The van der Waals surface area contributed by atoms with Gasteiger partial charge in [-0.2, -0.15) is 0 Å². The summed E-state index contributed by atoms with van der Waals surface area (Å²) in [5.74, 6) is -1.16. The van der Waals surface area contributed by atoms with Crippen molar-refractivity contribution in [3.8, 4) is 11.5 Å². The zero-order valence-corrected chi connectivity index (χ0v) is 20.1. The van der Waals surface area contributed by atoms with E-state index in [1.165, 1.54) is 25.2 Å². The molecule has 1 atom stereocenters. The predicted molar refractivity (Wildman–Crippen MR) is 132 cm³/mol. The van der Waals surface area contributed by atoms with E-state index in [0.29, 0.717) is 33.3 Å². The van der Waals surface area contributed by atoms with Gasteiger partial charge in [-0.25, -0.2) is 0 Å². The highest BCUT2D eigenvalue weighted by atomic mass is 35.5. The van der Waals surface area contributed by atoms with Gasteiger partial charge in [0.2, 0.25) is 0 Å². The van der Waals surface area contributed by atoms with Gasteiger partial charge >= 0.3 is 0 Å². The van der Waals surface area contributed by atoms with Crippen molar-refractivity contribution in [3.63, 3.8) is 0 Å². The van der Waals surface area contributed by atoms with Crippen LogP contribution in [0.15, 0.2) is 66.2 Å². The van der Waals surface area contributed by atoms with Crippen LogP contribution in [0.25, 0.3) is 5.76 Å². The summed E-state index contributed by atoms with van der Waals surface area (Å²) < 4.78 is 10.5. The summed E-state index contributed by atoms with van der Waals surface area (Å²) in [4.78, 5) is 27.9. The van der Waals surface area contributed by atoms with E-state index in [0.717, 1.165) is 5.56 Å². The van der Waals surface area contributed by atoms with Crippen LogP contribution >= 0.6 is 23.2 Å². The Balaban J connectivity index is 1.97. The van der Waals surface area contributed by atoms with Crippen LogP contribution in [-0.4, -0.2) is 31.0 Å². The number of halogens is 2. The first-order valence-electron chi connectivity index (χ1n) is 10.3. The SMILES string of the molecule is COc1ccc(N2C(=O)C(=O)/C(=C(/O)c3ccc(Cl)c(OC)c3)C2c2ccccc2C)cc1Cl. The number of methoxy groups -OCH3 is 2. The van der Waals surface area contributed by atoms with Crippen molar-refractivity contribution in [3.05, 3.63) is 93.0 Å². The minimum atomic E-state index is -0.882.